The van der Waals surface area contributed by atoms with Crippen molar-refractivity contribution >= 4 is 5.91 Å². The molecule has 6 nitrogen and oxygen atoms in total. The van der Waals surface area contributed by atoms with Crippen LogP contribution in [-0.2, 0) is 6.54 Å². The minimum atomic E-state index is -0.345. The summed E-state index contributed by atoms with van der Waals surface area (Å²) in [4.78, 5) is 21.9. The Morgan fingerprint density at radius 2 is 2.00 bits per heavy atom. The van der Waals surface area contributed by atoms with Crippen LogP contribution in [0.5, 0.6) is 0 Å². The Morgan fingerprint density at radius 1 is 1.25 bits per heavy atom. The van der Waals surface area contributed by atoms with Gasteiger partial charge in [-0.05, 0) is 18.2 Å². The maximum atomic E-state index is 13.7. The van der Waals surface area contributed by atoms with Crippen molar-refractivity contribution in [2.75, 3.05) is 19.7 Å². The third-order valence-corrected chi connectivity index (χ3v) is 4.26. The summed E-state index contributed by atoms with van der Waals surface area (Å²) in [6, 6.07) is 4.75. The van der Waals surface area contributed by atoms with Crippen LogP contribution < -0.4 is 5.32 Å². The van der Waals surface area contributed by atoms with Crippen LogP contribution in [-0.4, -0.2) is 51.6 Å². The van der Waals surface area contributed by atoms with Gasteiger partial charge < -0.3 is 10.4 Å². The van der Waals surface area contributed by atoms with Gasteiger partial charge >= 0.3 is 0 Å². The molecule has 3 heterocycles. The molecule has 1 fully saturated rings. The number of carbonyl (C=O) groups excluding carboxylic acids is 1. The topological polar surface area (TPSA) is 78.4 Å². The molecule has 2 atom stereocenters. The Morgan fingerprint density at radius 3 is 2.71 bits per heavy atom. The van der Waals surface area contributed by atoms with Crippen LogP contribution in [0.4, 0.5) is 4.39 Å². The number of rotatable bonds is 5. The smallest absolute Gasteiger partial charge is 0.251 e. The van der Waals surface area contributed by atoms with E-state index in [0.29, 0.717) is 30.8 Å². The van der Waals surface area contributed by atoms with Crippen LogP contribution in [0, 0.1) is 11.7 Å². The molecular weight excluding hydrogens is 311 g/mol. The zero-order valence-electron chi connectivity index (χ0n) is 13.1. The molecule has 0 saturated carbocycles. The van der Waals surface area contributed by atoms with E-state index >= 15 is 0 Å². The summed E-state index contributed by atoms with van der Waals surface area (Å²) in [6.45, 7) is 1.55. The monoisotopic (exact) mass is 330 g/mol. The maximum absolute atomic E-state index is 13.7. The van der Waals surface area contributed by atoms with E-state index in [1.165, 1.54) is 6.20 Å². The molecule has 0 aliphatic carbocycles. The highest BCUT2D eigenvalue weighted by atomic mass is 19.1. The van der Waals surface area contributed by atoms with Gasteiger partial charge in [-0.15, -0.1) is 0 Å². The van der Waals surface area contributed by atoms with E-state index in [4.69, 9.17) is 0 Å². The van der Waals surface area contributed by atoms with Crippen LogP contribution in [0.15, 0.2) is 43.0 Å². The second-order valence-corrected chi connectivity index (χ2v) is 5.92. The summed E-state index contributed by atoms with van der Waals surface area (Å²) < 4.78 is 13.7. The molecule has 2 N–H and O–H groups in total. The first-order valence-corrected chi connectivity index (χ1v) is 7.80. The van der Waals surface area contributed by atoms with Gasteiger partial charge in [0, 0.05) is 67.9 Å². The quantitative estimate of drug-likeness (QED) is 0.849. The van der Waals surface area contributed by atoms with Crippen LogP contribution in [0.1, 0.15) is 15.9 Å². The van der Waals surface area contributed by atoms with Crippen molar-refractivity contribution in [2.24, 2.45) is 5.92 Å². The maximum Gasteiger partial charge on any atom is 0.251 e. The standard InChI is InChI=1S/C17H19FN4O2/c18-15-7-20-6-3-13(15)8-22-9-14(11-23)16(10-22)21-17(24)12-1-4-19-5-2-12/h1-7,14,16,23H,8-11H2,(H,21,24)/t14-,16+/m0/s1. The first kappa shape index (κ1) is 16.5. The Labute approximate surface area is 139 Å². The molecule has 1 amide bonds. The molecule has 24 heavy (non-hydrogen) atoms. The zero-order valence-corrected chi connectivity index (χ0v) is 13.1. The van der Waals surface area contributed by atoms with Crippen molar-refractivity contribution in [3.8, 4) is 0 Å². The molecule has 0 unspecified atom stereocenters. The van der Waals surface area contributed by atoms with Crippen molar-refractivity contribution in [1.29, 1.82) is 0 Å². The molecular formula is C17H19FN4O2. The predicted octanol–water partition coefficient (Wildman–Crippen LogP) is 0.838. The highest BCUT2D eigenvalue weighted by Crippen LogP contribution is 2.20. The van der Waals surface area contributed by atoms with E-state index in [9.17, 15) is 14.3 Å². The lowest BCUT2D eigenvalue weighted by Crippen LogP contribution is -2.41. The second-order valence-electron chi connectivity index (χ2n) is 5.92. The van der Waals surface area contributed by atoms with Gasteiger partial charge in [0.2, 0.25) is 0 Å². The minimum absolute atomic E-state index is 0.0311. The van der Waals surface area contributed by atoms with Crippen molar-refractivity contribution < 1.29 is 14.3 Å². The van der Waals surface area contributed by atoms with Crippen molar-refractivity contribution in [2.45, 2.75) is 12.6 Å². The number of nitrogens with one attached hydrogen (secondary N) is 1. The van der Waals surface area contributed by atoms with Crippen molar-refractivity contribution in [1.82, 2.24) is 20.2 Å². The number of likely N-dealkylation sites (tertiary alicyclic amines) is 1. The summed E-state index contributed by atoms with van der Waals surface area (Å²) in [5, 5.41) is 12.5. The third-order valence-electron chi connectivity index (χ3n) is 4.26. The van der Waals surface area contributed by atoms with Gasteiger partial charge in [-0.1, -0.05) is 0 Å². The van der Waals surface area contributed by atoms with Gasteiger partial charge in [-0.25, -0.2) is 4.39 Å². The Balaban J connectivity index is 1.64. The van der Waals surface area contributed by atoms with Crippen LogP contribution in [0.25, 0.3) is 0 Å². The number of hydrogen-bond acceptors (Lipinski definition) is 5. The lowest BCUT2D eigenvalue weighted by molar-refractivity contribution is 0.0921. The van der Waals surface area contributed by atoms with E-state index in [-0.39, 0.29) is 30.3 Å². The molecule has 1 aliphatic rings. The molecule has 2 aromatic heterocycles. The fourth-order valence-electron chi connectivity index (χ4n) is 2.97. The summed E-state index contributed by atoms with van der Waals surface area (Å²) >= 11 is 0. The third kappa shape index (κ3) is 3.74. The first-order chi connectivity index (χ1) is 11.7. The SMILES string of the molecule is O=C(N[C@@H]1CN(Cc2ccncc2F)C[C@H]1CO)c1ccncc1. The fraction of sp³-hybridized carbons (Fsp3) is 0.353. The Hall–Kier alpha value is -2.38. The lowest BCUT2D eigenvalue weighted by atomic mass is 10.0. The molecule has 1 saturated heterocycles. The lowest BCUT2D eigenvalue weighted by Gasteiger charge is -2.18. The van der Waals surface area contributed by atoms with Gasteiger partial charge in [-0.3, -0.25) is 19.7 Å². The number of aliphatic hydroxyl groups excluding tert-OH is 1. The highest BCUT2D eigenvalue weighted by Gasteiger charge is 2.33. The Bertz CT molecular complexity index is 698. The number of amides is 1. The van der Waals surface area contributed by atoms with Gasteiger partial charge in [0.15, 0.2) is 0 Å². The van der Waals surface area contributed by atoms with Crippen LogP contribution in [0.2, 0.25) is 0 Å². The Kier molecular flexibility index (Phi) is 5.12. The molecule has 1 aliphatic heterocycles. The summed E-state index contributed by atoms with van der Waals surface area (Å²) in [5.41, 5.74) is 1.09. The number of pyridine rings is 2. The fourth-order valence-corrected chi connectivity index (χ4v) is 2.97. The number of aromatic nitrogens is 2. The minimum Gasteiger partial charge on any atom is -0.396 e. The second kappa shape index (κ2) is 7.46. The molecule has 0 radical (unpaired) electrons. The summed E-state index contributed by atoms with van der Waals surface area (Å²) in [7, 11) is 0. The van der Waals surface area contributed by atoms with E-state index < -0.39 is 0 Å². The van der Waals surface area contributed by atoms with E-state index in [2.05, 4.69) is 15.3 Å². The molecule has 3 rings (SSSR count). The molecule has 7 heteroatoms. The van der Waals surface area contributed by atoms with E-state index in [1.807, 2.05) is 4.90 Å². The average molecular weight is 330 g/mol. The van der Waals surface area contributed by atoms with E-state index in [1.54, 1.807) is 36.8 Å². The van der Waals surface area contributed by atoms with Crippen molar-refractivity contribution in [3.63, 3.8) is 0 Å². The summed E-state index contributed by atoms with van der Waals surface area (Å²) in [5.74, 6) is -0.624. The number of hydrogen-bond donors (Lipinski definition) is 2. The van der Waals surface area contributed by atoms with Gasteiger partial charge in [0.25, 0.3) is 5.91 Å². The average Bonchev–Trinajstić information content (AvgIpc) is 2.99. The molecule has 0 bridgehead atoms. The van der Waals surface area contributed by atoms with Crippen molar-refractivity contribution in [3.05, 3.63) is 59.9 Å². The number of halogens is 1. The highest BCUT2D eigenvalue weighted by molar-refractivity contribution is 5.94. The van der Waals surface area contributed by atoms with Crippen LogP contribution in [0.3, 0.4) is 0 Å². The molecule has 0 aromatic carbocycles. The zero-order chi connectivity index (χ0) is 16.9. The number of carbonyl (C=O) groups is 1. The first-order valence-electron chi connectivity index (χ1n) is 7.80. The number of aliphatic hydroxyl groups is 1. The largest absolute Gasteiger partial charge is 0.396 e. The normalized spacial score (nSPS) is 20.9. The van der Waals surface area contributed by atoms with Gasteiger partial charge in [0.05, 0.1) is 6.20 Å². The van der Waals surface area contributed by atoms with Gasteiger partial charge in [0.1, 0.15) is 5.82 Å². The number of nitrogens with zero attached hydrogens (tertiary/aromatic N) is 3. The predicted molar refractivity (Wildman–Crippen MR) is 85.5 cm³/mol. The van der Waals surface area contributed by atoms with Gasteiger partial charge in [-0.2, -0.15) is 0 Å². The van der Waals surface area contributed by atoms with Crippen LogP contribution >= 0.6 is 0 Å². The molecule has 126 valence electrons. The summed E-state index contributed by atoms with van der Waals surface area (Å²) in [6.07, 6.45) is 5.87. The van der Waals surface area contributed by atoms with E-state index in [0.717, 1.165) is 0 Å². The molecule has 0 spiro atoms. The molecule has 2 aromatic rings.